The summed E-state index contributed by atoms with van der Waals surface area (Å²) in [6.07, 6.45) is 6.00. The average molecular weight is 339 g/mol. The van der Waals surface area contributed by atoms with Crippen LogP contribution in [0.4, 0.5) is 0 Å². The summed E-state index contributed by atoms with van der Waals surface area (Å²) in [5, 5.41) is 5.98. The molecule has 24 heavy (non-hydrogen) atoms. The summed E-state index contributed by atoms with van der Waals surface area (Å²) in [7, 11) is 0. The number of aromatic amines is 1. The third-order valence-electron chi connectivity index (χ3n) is 5.08. The molecule has 0 saturated carbocycles. The number of hydrogen-bond donors (Lipinski definition) is 2. The van der Waals surface area contributed by atoms with Crippen molar-refractivity contribution in [3.8, 4) is 0 Å². The van der Waals surface area contributed by atoms with E-state index in [1.807, 2.05) is 12.1 Å². The monoisotopic (exact) mass is 338 g/mol. The first-order chi connectivity index (χ1) is 11.8. The predicted molar refractivity (Wildman–Crippen MR) is 102 cm³/mol. The molecule has 1 heterocycles. The quantitative estimate of drug-likeness (QED) is 0.611. The Labute approximate surface area is 148 Å². The van der Waals surface area contributed by atoms with E-state index >= 15 is 0 Å². The van der Waals surface area contributed by atoms with Crippen molar-refractivity contribution in [2.24, 2.45) is 0 Å². The molecule has 0 bridgehead atoms. The van der Waals surface area contributed by atoms with Crippen molar-refractivity contribution in [2.45, 2.75) is 38.1 Å². The van der Waals surface area contributed by atoms with E-state index in [1.54, 1.807) is 0 Å². The number of nitrogens with one attached hydrogen (secondary N) is 2. The molecule has 1 aromatic heterocycles. The normalized spacial score (nSPS) is 17.6. The van der Waals surface area contributed by atoms with Crippen molar-refractivity contribution in [1.29, 1.82) is 0 Å². The molecule has 0 saturated heterocycles. The van der Waals surface area contributed by atoms with Crippen molar-refractivity contribution in [1.82, 2.24) is 10.3 Å². The van der Waals surface area contributed by atoms with Crippen LogP contribution in [0, 0.1) is 0 Å². The average Bonchev–Trinajstić information content (AvgIpc) is 2.86. The van der Waals surface area contributed by atoms with Gasteiger partial charge in [-0.05, 0) is 61.6 Å². The van der Waals surface area contributed by atoms with Crippen LogP contribution in [-0.4, -0.2) is 11.5 Å². The Kier molecular flexibility index (Phi) is 4.59. The van der Waals surface area contributed by atoms with Crippen molar-refractivity contribution in [3.05, 3.63) is 70.4 Å². The maximum Gasteiger partial charge on any atom is 0.0476 e. The first-order valence-corrected chi connectivity index (χ1v) is 9.26. The van der Waals surface area contributed by atoms with Crippen molar-refractivity contribution in [2.75, 3.05) is 6.54 Å². The van der Waals surface area contributed by atoms with E-state index in [-0.39, 0.29) is 0 Å². The Bertz CT molecular complexity index is 819. The molecule has 0 amide bonds. The highest BCUT2D eigenvalue weighted by Gasteiger charge is 2.22. The molecule has 3 heteroatoms. The van der Waals surface area contributed by atoms with Gasteiger partial charge < -0.3 is 10.3 Å². The lowest BCUT2D eigenvalue weighted by molar-refractivity contribution is 0.485. The number of aromatic nitrogens is 1. The highest BCUT2D eigenvalue weighted by molar-refractivity contribution is 6.30. The van der Waals surface area contributed by atoms with E-state index in [1.165, 1.54) is 53.4 Å². The van der Waals surface area contributed by atoms with Gasteiger partial charge in [0.15, 0.2) is 0 Å². The molecule has 1 aliphatic carbocycles. The molecule has 4 rings (SSSR count). The van der Waals surface area contributed by atoms with E-state index < -0.39 is 0 Å². The molecule has 1 unspecified atom stereocenters. The lowest BCUT2D eigenvalue weighted by Gasteiger charge is -2.17. The fraction of sp³-hybridized carbons (Fsp3) is 0.333. The number of aryl methyl sites for hydroxylation is 1. The number of fused-ring (bicyclic) bond motifs is 3. The molecule has 3 aromatic rings. The van der Waals surface area contributed by atoms with E-state index in [0.717, 1.165) is 18.0 Å². The van der Waals surface area contributed by atoms with Gasteiger partial charge in [-0.15, -0.1) is 0 Å². The van der Waals surface area contributed by atoms with Gasteiger partial charge in [0, 0.05) is 27.7 Å². The minimum atomic E-state index is 0.433. The topological polar surface area (TPSA) is 27.8 Å². The minimum Gasteiger partial charge on any atom is -0.357 e. The summed E-state index contributed by atoms with van der Waals surface area (Å²) >= 11 is 5.96. The van der Waals surface area contributed by atoms with Crippen LogP contribution in [0.2, 0.25) is 5.02 Å². The van der Waals surface area contributed by atoms with E-state index in [4.69, 9.17) is 11.6 Å². The summed E-state index contributed by atoms with van der Waals surface area (Å²) in [4.78, 5) is 3.68. The predicted octanol–water partition coefficient (Wildman–Crippen LogP) is 5.42. The molecule has 2 aromatic carbocycles. The second-order valence-corrected chi connectivity index (χ2v) is 7.13. The lowest BCUT2D eigenvalue weighted by Crippen LogP contribution is -2.24. The summed E-state index contributed by atoms with van der Waals surface area (Å²) in [6, 6.07) is 17.3. The van der Waals surface area contributed by atoms with Gasteiger partial charge in [-0.2, -0.15) is 0 Å². The summed E-state index contributed by atoms with van der Waals surface area (Å²) < 4.78 is 0. The number of hydrogen-bond acceptors (Lipinski definition) is 1. The molecule has 1 atom stereocenters. The largest absolute Gasteiger partial charge is 0.357 e. The van der Waals surface area contributed by atoms with Crippen LogP contribution in [0.1, 0.15) is 42.1 Å². The number of halogens is 1. The van der Waals surface area contributed by atoms with Crippen LogP contribution in [0.3, 0.4) is 0 Å². The second-order valence-electron chi connectivity index (χ2n) is 6.69. The van der Waals surface area contributed by atoms with Gasteiger partial charge >= 0.3 is 0 Å². The summed E-state index contributed by atoms with van der Waals surface area (Å²) in [5.74, 6) is 0. The van der Waals surface area contributed by atoms with Crippen LogP contribution < -0.4 is 5.32 Å². The number of benzene rings is 2. The Morgan fingerprint density at radius 1 is 1.04 bits per heavy atom. The molecule has 1 aliphatic rings. The smallest absolute Gasteiger partial charge is 0.0476 e. The number of rotatable bonds is 4. The fourth-order valence-corrected chi connectivity index (χ4v) is 3.95. The maximum atomic E-state index is 5.96. The Balaban J connectivity index is 1.50. The van der Waals surface area contributed by atoms with Crippen LogP contribution in [0.5, 0.6) is 0 Å². The van der Waals surface area contributed by atoms with Gasteiger partial charge in [-0.3, -0.25) is 0 Å². The highest BCUT2D eigenvalue weighted by atomic mass is 35.5. The van der Waals surface area contributed by atoms with Crippen LogP contribution in [-0.2, 0) is 12.8 Å². The SMILES string of the molecule is Clc1ccc(CCNC2CCCCc3c2[nH]c2ccccc32)cc1. The van der Waals surface area contributed by atoms with Gasteiger partial charge in [0.05, 0.1) is 0 Å². The molecule has 2 nitrogen and oxygen atoms in total. The molecule has 124 valence electrons. The van der Waals surface area contributed by atoms with E-state index in [9.17, 15) is 0 Å². The number of para-hydroxylation sites is 1. The zero-order valence-electron chi connectivity index (χ0n) is 13.8. The van der Waals surface area contributed by atoms with Gasteiger partial charge in [0.2, 0.25) is 0 Å². The summed E-state index contributed by atoms with van der Waals surface area (Å²) in [5.41, 5.74) is 5.53. The molecule has 0 radical (unpaired) electrons. The van der Waals surface area contributed by atoms with E-state index in [2.05, 4.69) is 46.7 Å². The first-order valence-electron chi connectivity index (χ1n) is 8.88. The highest BCUT2D eigenvalue weighted by Crippen LogP contribution is 2.33. The lowest BCUT2D eigenvalue weighted by atomic mass is 10.0. The molecular weight excluding hydrogens is 316 g/mol. The van der Waals surface area contributed by atoms with Gasteiger partial charge in [0.1, 0.15) is 0 Å². The molecule has 0 fully saturated rings. The number of H-pyrrole nitrogens is 1. The molecule has 0 spiro atoms. The van der Waals surface area contributed by atoms with Crippen LogP contribution in [0.25, 0.3) is 10.9 Å². The summed E-state index contributed by atoms with van der Waals surface area (Å²) in [6.45, 7) is 0.987. The van der Waals surface area contributed by atoms with Crippen LogP contribution >= 0.6 is 11.6 Å². The van der Waals surface area contributed by atoms with E-state index in [0.29, 0.717) is 6.04 Å². The third kappa shape index (κ3) is 3.22. The molecule has 0 aliphatic heterocycles. The van der Waals surface area contributed by atoms with Gasteiger partial charge in [-0.25, -0.2) is 0 Å². The van der Waals surface area contributed by atoms with Gasteiger partial charge in [-0.1, -0.05) is 48.4 Å². The Morgan fingerprint density at radius 3 is 2.75 bits per heavy atom. The fourth-order valence-electron chi connectivity index (χ4n) is 3.83. The second kappa shape index (κ2) is 7.00. The van der Waals surface area contributed by atoms with Crippen LogP contribution in [0.15, 0.2) is 48.5 Å². The first kappa shape index (κ1) is 15.7. The molecular formula is C21H23ClN2. The van der Waals surface area contributed by atoms with Crippen molar-refractivity contribution in [3.63, 3.8) is 0 Å². The van der Waals surface area contributed by atoms with Gasteiger partial charge in [0.25, 0.3) is 0 Å². The standard InChI is InChI=1S/C21H23ClN2/c22-16-11-9-15(10-12-16)13-14-23-20-8-4-2-6-18-17-5-1-3-7-19(17)24-21(18)20/h1,3,5,7,9-12,20,23-24H,2,4,6,8,13-14H2. The Morgan fingerprint density at radius 2 is 1.88 bits per heavy atom. The molecule has 2 N–H and O–H groups in total. The zero-order chi connectivity index (χ0) is 16.4. The Hall–Kier alpha value is -1.77. The van der Waals surface area contributed by atoms with Crippen molar-refractivity contribution >= 4 is 22.5 Å². The van der Waals surface area contributed by atoms with Crippen molar-refractivity contribution < 1.29 is 0 Å². The zero-order valence-corrected chi connectivity index (χ0v) is 14.6. The maximum absolute atomic E-state index is 5.96. The minimum absolute atomic E-state index is 0.433. The third-order valence-corrected chi connectivity index (χ3v) is 5.33.